The van der Waals surface area contributed by atoms with Crippen LogP contribution in [0.5, 0.6) is 11.5 Å². The average Bonchev–Trinajstić information content (AvgIpc) is 2.73. The summed E-state index contributed by atoms with van der Waals surface area (Å²) in [4.78, 5) is 26.9. The molecule has 7 heteroatoms. The summed E-state index contributed by atoms with van der Waals surface area (Å²) in [5.41, 5.74) is 1.09. The Hall–Kier alpha value is -2.73. The van der Waals surface area contributed by atoms with Crippen molar-refractivity contribution in [1.29, 1.82) is 0 Å². The molecule has 1 aliphatic rings. The number of amides is 2. The third-order valence-corrected chi connectivity index (χ3v) is 5.07. The Morgan fingerprint density at radius 2 is 1.71 bits per heavy atom. The zero-order chi connectivity index (χ0) is 20.1. The highest BCUT2D eigenvalue weighted by atomic mass is 35.5. The molecule has 1 aliphatic heterocycles. The molecule has 0 unspecified atom stereocenters. The first-order valence-corrected chi connectivity index (χ1v) is 9.47. The number of nitrogens with one attached hydrogen (secondary N) is 1. The summed E-state index contributed by atoms with van der Waals surface area (Å²) in [6, 6.07) is 12.0. The first-order chi connectivity index (χ1) is 13.5. The number of rotatable bonds is 5. The zero-order valence-corrected chi connectivity index (χ0v) is 16.7. The van der Waals surface area contributed by atoms with Gasteiger partial charge < -0.3 is 19.7 Å². The number of hydrogen-bond donors (Lipinski definition) is 1. The molecule has 2 amide bonds. The molecule has 2 aromatic carbocycles. The number of benzene rings is 2. The lowest BCUT2D eigenvalue weighted by Gasteiger charge is -2.32. The predicted molar refractivity (Wildman–Crippen MR) is 107 cm³/mol. The topological polar surface area (TPSA) is 67.9 Å². The molecule has 0 spiro atoms. The van der Waals surface area contributed by atoms with E-state index in [9.17, 15) is 9.59 Å². The molecule has 1 saturated heterocycles. The van der Waals surface area contributed by atoms with E-state index >= 15 is 0 Å². The second-order valence-corrected chi connectivity index (χ2v) is 7.06. The number of likely N-dealkylation sites (tertiary alicyclic amines) is 1. The van der Waals surface area contributed by atoms with Gasteiger partial charge in [0.05, 0.1) is 14.2 Å². The van der Waals surface area contributed by atoms with Gasteiger partial charge in [0.15, 0.2) is 11.5 Å². The van der Waals surface area contributed by atoms with E-state index in [4.69, 9.17) is 21.1 Å². The van der Waals surface area contributed by atoms with Gasteiger partial charge >= 0.3 is 0 Å². The van der Waals surface area contributed by atoms with Gasteiger partial charge in [0, 0.05) is 35.3 Å². The number of methoxy groups -OCH3 is 2. The largest absolute Gasteiger partial charge is 0.493 e. The van der Waals surface area contributed by atoms with Crippen molar-refractivity contribution in [3.05, 3.63) is 58.6 Å². The van der Waals surface area contributed by atoms with Crippen LogP contribution in [-0.2, 0) is 0 Å². The molecular weight excluding hydrogens is 380 g/mol. The molecule has 0 radical (unpaired) electrons. The fourth-order valence-corrected chi connectivity index (χ4v) is 3.47. The van der Waals surface area contributed by atoms with E-state index < -0.39 is 0 Å². The molecule has 0 aliphatic carbocycles. The van der Waals surface area contributed by atoms with Crippen LogP contribution in [0.15, 0.2) is 42.5 Å². The van der Waals surface area contributed by atoms with Crippen molar-refractivity contribution < 1.29 is 19.1 Å². The molecule has 148 valence electrons. The minimum atomic E-state index is -0.166. The van der Waals surface area contributed by atoms with Crippen molar-refractivity contribution in [1.82, 2.24) is 10.2 Å². The average molecular weight is 403 g/mol. The molecule has 28 heavy (non-hydrogen) atoms. The lowest BCUT2D eigenvalue weighted by Crippen LogP contribution is -2.46. The minimum absolute atomic E-state index is 0.0176. The number of carbonyl (C=O) groups excluding carboxylic acids is 2. The molecule has 0 atom stereocenters. The van der Waals surface area contributed by atoms with Crippen LogP contribution in [0.4, 0.5) is 0 Å². The van der Waals surface area contributed by atoms with Crippen molar-refractivity contribution in [2.75, 3.05) is 27.3 Å². The lowest BCUT2D eigenvalue weighted by molar-refractivity contribution is 0.0698. The van der Waals surface area contributed by atoms with E-state index in [0.29, 0.717) is 53.6 Å². The summed E-state index contributed by atoms with van der Waals surface area (Å²) >= 11 is 5.97. The van der Waals surface area contributed by atoms with Crippen molar-refractivity contribution in [2.24, 2.45) is 0 Å². The highest BCUT2D eigenvalue weighted by Gasteiger charge is 2.25. The molecule has 3 rings (SSSR count). The van der Waals surface area contributed by atoms with Crippen molar-refractivity contribution in [2.45, 2.75) is 18.9 Å². The molecule has 2 aromatic rings. The van der Waals surface area contributed by atoms with Crippen LogP contribution < -0.4 is 14.8 Å². The van der Waals surface area contributed by atoms with Crippen molar-refractivity contribution in [3.63, 3.8) is 0 Å². The predicted octanol–water partition coefficient (Wildman–Crippen LogP) is 3.39. The van der Waals surface area contributed by atoms with Gasteiger partial charge in [0.2, 0.25) is 0 Å². The van der Waals surface area contributed by atoms with E-state index in [1.54, 1.807) is 54.5 Å². The number of piperidine rings is 1. The minimum Gasteiger partial charge on any atom is -0.493 e. The van der Waals surface area contributed by atoms with E-state index in [-0.39, 0.29) is 17.9 Å². The Balaban J connectivity index is 1.57. The second-order valence-electron chi connectivity index (χ2n) is 6.62. The van der Waals surface area contributed by atoms with Crippen LogP contribution in [0.2, 0.25) is 5.02 Å². The Bertz CT molecular complexity index is 863. The summed E-state index contributed by atoms with van der Waals surface area (Å²) in [6.07, 6.45) is 1.40. The van der Waals surface area contributed by atoms with Crippen LogP contribution >= 0.6 is 11.6 Å². The summed E-state index contributed by atoms with van der Waals surface area (Å²) in [7, 11) is 3.09. The van der Waals surface area contributed by atoms with Gasteiger partial charge in [0.1, 0.15) is 0 Å². The van der Waals surface area contributed by atoms with Crippen LogP contribution in [0.3, 0.4) is 0 Å². The molecule has 1 heterocycles. The van der Waals surface area contributed by atoms with Crippen molar-refractivity contribution in [3.8, 4) is 11.5 Å². The third-order valence-electron chi connectivity index (χ3n) is 4.83. The standard InChI is InChI=1S/C21H23ClN2O4/c1-27-18-7-6-14(13-19(18)28-2)20(25)23-17-8-10-24(11-9-17)21(26)15-4-3-5-16(22)12-15/h3-7,12-13,17H,8-11H2,1-2H3,(H,23,25). The van der Waals surface area contributed by atoms with Crippen LogP contribution in [0.1, 0.15) is 33.6 Å². The van der Waals surface area contributed by atoms with Gasteiger partial charge in [-0.1, -0.05) is 17.7 Å². The molecule has 6 nitrogen and oxygen atoms in total. The van der Waals surface area contributed by atoms with Gasteiger partial charge in [-0.25, -0.2) is 0 Å². The normalized spacial score (nSPS) is 14.5. The number of nitrogens with zero attached hydrogens (tertiary/aromatic N) is 1. The smallest absolute Gasteiger partial charge is 0.253 e. The van der Waals surface area contributed by atoms with E-state index in [2.05, 4.69) is 5.32 Å². The molecule has 0 aromatic heterocycles. The molecule has 0 saturated carbocycles. The van der Waals surface area contributed by atoms with Crippen molar-refractivity contribution >= 4 is 23.4 Å². The summed E-state index contributed by atoms with van der Waals surface area (Å²) in [5.74, 6) is 0.886. The fourth-order valence-electron chi connectivity index (χ4n) is 3.28. The maximum absolute atomic E-state index is 12.6. The maximum atomic E-state index is 12.6. The summed E-state index contributed by atoms with van der Waals surface area (Å²) < 4.78 is 10.4. The Morgan fingerprint density at radius 3 is 2.36 bits per heavy atom. The zero-order valence-electron chi connectivity index (χ0n) is 15.9. The monoisotopic (exact) mass is 402 g/mol. The number of hydrogen-bond acceptors (Lipinski definition) is 4. The highest BCUT2D eigenvalue weighted by molar-refractivity contribution is 6.30. The van der Waals surface area contributed by atoms with Gasteiger partial charge in [-0.3, -0.25) is 9.59 Å². The van der Waals surface area contributed by atoms with Gasteiger partial charge in [-0.15, -0.1) is 0 Å². The highest BCUT2D eigenvalue weighted by Crippen LogP contribution is 2.27. The first-order valence-electron chi connectivity index (χ1n) is 9.09. The fraction of sp³-hybridized carbons (Fsp3) is 0.333. The quantitative estimate of drug-likeness (QED) is 0.832. The van der Waals surface area contributed by atoms with E-state index in [1.807, 2.05) is 0 Å². The van der Waals surface area contributed by atoms with Gasteiger partial charge in [-0.2, -0.15) is 0 Å². The molecule has 1 N–H and O–H groups in total. The Kier molecular flexibility index (Phi) is 6.41. The van der Waals surface area contributed by atoms with Crippen LogP contribution in [0.25, 0.3) is 0 Å². The molecule has 1 fully saturated rings. The van der Waals surface area contributed by atoms with E-state index in [1.165, 1.54) is 7.11 Å². The SMILES string of the molecule is COc1ccc(C(=O)NC2CCN(C(=O)c3cccc(Cl)c3)CC2)cc1OC. The van der Waals surface area contributed by atoms with Gasteiger partial charge in [-0.05, 0) is 49.2 Å². The first kappa shape index (κ1) is 20.0. The summed E-state index contributed by atoms with van der Waals surface area (Å²) in [6.45, 7) is 1.17. The lowest BCUT2D eigenvalue weighted by atomic mass is 10.0. The Morgan fingerprint density at radius 1 is 1.00 bits per heavy atom. The second kappa shape index (κ2) is 8.97. The number of ether oxygens (including phenoxy) is 2. The van der Waals surface area contributed by atoms with E-state index in [0.717, 1.165) is 0 Å². The number of halogens is 1. The maximum Gasteiger partial charge on any atom is 0.253 e. The van der Waals surface area contributed by atoms with Crippen LogP contribution in [0, 0.1) is 0 Å². The van der Waals surface area contributed by atoms with Gasteiger partial charge in [0.25, 0.3) is 11.8 Å². The number of carbonyl (C=O) groups is 2. The molecule has 0 bridgehead atoms. The third kappa shape index (κ3) is 4.57. The van der Waals surface area contributed by atoms with Crippen LogP contribution in [-0.4, -0.2) is 50.1 Å². The summed E-state index contributed by atoms with van der Waals surface area (Å²) in [5, 5.41) is 3.58. The molecular formula is C21H23ClN2O4. The Labute approximate surface area is 169 Å².